The summed E-state index contributed by atoms with van der Waals surface area (Å²) >= 11 is 0. The Hall–Kier alpha value is -1.09. The SMILES string of the molecule is CCCC1(C(=O)Cc2ccco2)CCNCC1. The summed E-state index contributed by atoms with van der Waals surface area (Å²) < 4.78 is 5.28. The zero-order valence-corrected chi connectivity index (χ0v) is 10.5. The molecule has 0 saturated carbocycles. The monoisotopic (exact) mass is 235 g/mol. The summed E-state index contributed by atoms with van der Waals surface area (Å²) in [6.45, 7) is 4.08. The minimum atomic E-state index is -0.104. The summed E-state index contributed by atoms with van der Waals surface area (Å²) in [5.41, 5.74) is -0.104. The molecule has 0 radical (unpaired) electrons. The number of rotatable bonds is 5. The molecule has 1 N–H and O–H groups in total. The fourth-order valence-electron chi connectivity index (χ4n) is 2.81. The first-order valence-electron chi connectivity index (χ1n) is 6.53. The average molecular weight is 235 g/mol. The van der Waals surface area contributed by atoms with Crippen molar-refractivity contribution in [2.24, 2.45) is 5.41 Å². The summed E-state index contributed by atoms with van der Waals surface area (Å²) in [5, 5.41) is 3.34. The zero-order valence-electron chi connectivity index (χ0n) is 10.5. The van der Waals surface area contributed by atoms with Crippen LogP contribution in [0.2, 0.25) is 0 Å². The number of hydrogen-bond donors (Lipinski definition) is 1. The van der Waals surface area contributed by atoms with Gasteiger partial charge < -0.3 is 9.73 Å². The molecule has 1 aromatic heterocycles. The Labute approximate surface area is 103 Å². The van der Waals surface area contributed by atoms with Crippen LogP contribution in [-0.4, -0.2) is 18.9 Å². The Bertz CT molecular complexity index is 345. The molecule has 0 amide bonds. The van der Waals surface area contributed by atoms with Gasteiger partial charge in [-0.15, -0.1) is 0 Å². The molecule has 0 atom stereocenters. The highest BCUT2D eigenvalue weighted by atomic mass is 16.3. The maximum Gasteiger partial charge on any atom is 0.146 e. The Kier molecular flexibility index (Phi) is 4.00. The standard InChI is InChI=1S/C14H21NO2/c1-2-5-14(6-8-15-9-7-14)13(16)11-12-4-3-10-17-12/h3-4,10,15H,2,5-9,11H2,1H3. The maximum atomic E-state index is 12.5. The smallest absolute Gasteiger partial charge is 0.146 e. The van der Waals surface area contributed by atoms with Gasteiger partial charge in [0, 0.05) is 5.41 Å². The number of carbonyl (C=O) groups is 1. The molecule has 2 rings (SSSR count). The van der Waals surface area contributed by atoms with Crippen LogP contribution in [0, 0.1) is 5.41 Å². The molecule has 0 spiro atoms. The molecule has 1 aromatic rings. The third kappa shape index (κ3) is 2.78. The molecule has 0 bridgehead atoms. The molecule has 1 saturated heterocycles. The van der Waals surface area contributed by atoms with E-state index in [1.165, 1.54) is 0 Å². The fourth-order valence-corrected chi connectivity index (χ4v) is 2.81. The first-order chi connectivity index (χ1) is 8.27. The summed E-state index contributed by atoms with van der Waals surface area (Å²) in [5.74, 6) is 1.15. The lowest BCUT2D eigenvalue weighted by molar-refractivity contribution is -0.130. The number of ketones is 1. The van der Waals surface area contributed by atoms with E-state index >= 15 is 0 Å². The number of hydrogen-bond acceptors (Lipinski definition) is 3. The normalized spacial score (nSPS) is 19.1. The second-order valence-corrected chi connectivity index (χ2v) is 4.96. The van der Waals surface area contributed by atoms with Crippen LogP contribution >= 0.6 is 0 Å². The molecular formula is C14H21NO2. The Balaban J connectivity index is 2.06. The van der Waals surface area contributed by atoms with Crippen molar-refractivity contribution >= 4 is 5.78 Å². The average Bonchev–Trinajstić information content (AvgIpc) is 2.83. The van der Waals surface area contributed by atoms with Gasteiger partial charge in [0.15, 0.2) is 0 Å². The van der Waals surface area contributed by atoms with E-state index in [1.807, 2.05) is 12.1 Å². The second kappa shape index (κ2) is 5.50. The van der Waals surface area contributed by atoms with Gasteiger partial charge in [-0.25, -0.2) is 0 Å². The molecule has 1 aliphatic heterocycles. The summed E-state index contributed by atoms with van der Waals surface area (Å²) in [7, 11) is 0. The first kappa shape index (κ1) is 12.4. The van der Waals surface area contributed by atoms with Crippen molar-refractivity contribution in [1.82, 2.24) is 5.32 Å². The van der Waals surface area contributed by atoms with Gasteiger partial charge in [-0.05, 0) is 44.5 Å². The van der Waals surface area contributed by atoms with Crippen molar-refractivity contribution in [2.75, 3.05) is 13.1 Å². The van der Waals surface area contributed by atoms with Crippen LogP contribution in [0.5, 0.6) is 0 Å². The van der Waals surface area contributed by atoms with Crippen molar-refractivity contribution < 1.29 is 9.21 Å². The highest BCUT2D eigenvalue weighted by Crippen LogP contribution is 2.36. The molecule has 94 valence electrons. The highest BCUT2D eigenvalue weighted by Gasteiger charge is 2.38. The zero-order chi connectivity index (χ0) is 12.1. The molecule has 3 nitrogen and oxygen atoms in total. The number of piperidine rings is 1. The molecule has 2 heterocycles. The summed E-state index contributed by atoms with van der Waals surface area (Å²) in [4.78, 5) is 12.5. The predicted molar refractivity (Wildman–Crippen MR) is 66.9 cm³/mol. The highest BCUT2D eigenvalue weighted by molar-refractivity contribution is 5.86. The fraction of sp³-hybridized carbons (Fsp3) is 0.643. The van der Waals surface area contributed by atoms with Gasteiger partial charge in [-0.2, -0.15) is 0 Å². The summed E-state index contributed by atoms with van der Waals surface area (Å²) in [6.07, 6.45) is 6.11. The van der Waals surface area contributed by atoms with Gasteiger partial charge in [0.1, 0.15) is 11.5 Å². The molecule has 0 unspecified atom stereocenters. The van der Waals surface area contributed by atoms with Crippen LogP contribution in [0.15, 0.2) is 22.8 Å². The van der Waals surface area contributed by atoms with Crippen LogP contribution in [-0.2, 0) is 11.2 Å². The molecule has 3 heteroatoms. The lowest BCUT2D eigenvalue weighted by Crippen LogP contribution is -2.42. The molecule has 0 aromatic carbocycles. The summed E-state index contributed by atoms with van der Waals surface area (Å²) in [6, 6.07) is 3.73. The molecule has 0 aliphatic carbocycles. The van der Waals surface area contributed by atoms with E-state index in [2.05, 4.69) is 12.2 Å². The topological polar surface area (TPSA) is 42.2 Å². The Morgan fingerprint density at radius 1 is 1.47 bits per heavy atom. The van der Waals surface area contributed by atoms with Crippen LogP contribution < -0.4 is 5.32 Å². The van der Waals surface area contributed by atoms with Crippen molar-refractivity contribution in [3.8, 4) is 0 Å². The van der Waals surface area contributed by atoms with Gasteiger partial charge in [0.2, 0.25) is 0 Å². The van der Waals surface area contributed by atoms with E-state index in [9.17, 15) is 4.79 Å². The van der Waals surface area contributed by atoms with E-state index < -0.39 is 0 Å². The maximum absolute atomic E-state index is 12.5. The Morgan fingerprint density at radius 3 is 2.82 bits per heavy atom. The predicted octanol–water partition coefficient (Wildman–Crippen LogP) is 2.56. The van der Waals surface area contributed by atoms with Crippen LogP contribution in [0.1, 0.15) is 38.4 Å². The van der Waals surface area contributed by atoms with Crippen molar-refractivity contribution in [2.45, 2.75) is 39.0 Å². The van der Waals surface area contributed by atoms with Crippen molar-refractivity contribution in [3.63, 3.8) is 0 Å². The van der Waals surface area contributed by atoms with Crippen LogP contribution in [0.25, 0.3) is 0 Å². The number of nitrogens with one attached hydrogen (secondary N) is 1. The molecular weight excluding hydrogens is 214 g/mol. The minimum absolute atomic E-state index is 0.104. The van der Waals surface area contributed by atoms with Crippen molar-refractivity contribution in [1.29, 1.82) is 0 Å². The molecule has 1 fully saturated rings. The van der Waals surface area contributed by atoms with Gasteiger partial charge in [0.05, 0.1) is 12.7 Å². The van der Waals surface area contributed by atoms with Crippen molar-refractivity contribution in [3.05, 3.63) is 24.2 Å². The van der Waals surface area contributed by atoms with E-state index in [1.54, 1.807) is 6.26 Å². The van der Waals surface area contributed by atoms with E-state index in [4.69, 9.17) is 4.42 Å². The lowest BCUT2D eigenvalue weighted by atomic mass is 9.71. The van der Waals surface area contributed by atoms with Crippen LogP contribution in [0.3, 0.4) is 0 Å². The van der Waals surface area contributed by atoms with Gasteiger partial charge in [-0.1, -0.05) is 13.3 Å². The third-order valence-corrected chi connectivity index (χ3v) is 3.80. The number of furan rings is 1. The third-order valence-electron chi connectivity index (χ3n) is 3.80. The second-order valence-electron chi connectivity index (χ2n) is 4.96. The van der Waals surface area contributed by atoms with Gasteiger partial charge in [0.25, 0.3) is 0 Å². The van der Waals surface area contributed by atoms with E-state index in [-0.39, 0.29) is 5.41 Å². The minimum Gasteiger partial charge on any atom is -0.469 e. The van der Waals surface area contributed by atoms with Gasteiger partial charge >= 0.3 is 0 Å². The lowest BCUT2D eigenvalue weighted by Gasteiger charge is -2.36. The molecule has 17 heavy (non-hydrogen) atoms. The number of Topliss-reactive ketones (excluding diaryl/α,β-unsaturated/α-hetero) is 1. The quantitative estimate of drug-likeness (QED) is 0.853. The van der Waals surface area contributed by atoms with Crippen LogP contribution in [0.4, 0.5) is 0 Å². The largest absolute Gasteiger partial charge is 0.469 e. The number of carbonyl (C=O) groups excluding carboxylic acids is 1. The van der Waals surface area contributed by atoms with E-state index in [0.29, 0.717) is 12.2 Å². The Morgan fingerprint density at radius 2 is 2.24 bits per heavy atom. The molecule has 1 aliphatic rings. The van der Waals surface area contributed by atoms with E-state index in [0.717, 1.165) is 44.5 Å². The first-order valence-corrected chi connectivity index (χ1v) is 6.53. The van der Waals surface area contributed by atoms with Gasteiger partial charge in [-0.3, -0.25) is 4.79 Å².